The van der Waals surface area contributed by atoms with Crippen LogP contribution in [0, 0.1) is 0 Å². The normalized spacial score (nSPS) is 17.7. The molecule has 1 amide bonds. The van der Waals surface area contributed by atoms with Crippen LogP contribution in [0.3, 0.4) is 0 Å². The van der Waals surface area contributed by atoms with Crippen molar-refractivity contribution in [3.63, 3.8) is 0 Å². The van der Waals surface area contributed by atoms with Gasteiger partial charge in [-0.2, -0.15) is 0 Å². The number of aliphatic hydroxyl groups excluding tert-OH is 5. The molecule has 0 spiro atoms. The van der Waals surface area contributed by atoms with Crippen molar-refractivity contribution < 1.29 is 49.3 Å². The molecule has 0 aromatic heterocycles. The second kappa shape index (κ2) is 68.5. The molecule has 532 valence electrons. The van der Waals surface area contributed by atoms with Crippen LogP contribution in [-0.2, 0) is 23.8 Å². The highest BCUT2D eigenvalue weighted by molar-refractivity contribution is 5.76. The molecule has 0 radical (unpaired) electrons. The molecule has 1 aliphatic heterocycles. The number of hydrogen-bond acceptors (Lipinski definition) is 10. The minimum absolute atomic E-state index is 0.0149. The molecule has 1 rings (SSSR count). The van der Waals surface area contributed by atoms with Crippen molar-refractivity contribution in [2.24, 2.45) is 0 Å². The Morgan fingerprint density at radius 2 is 0.711 bits per heavy atom. The molecule has 1 aliphatic rings. The monoisotopic (exact) mass is 1270 g/mol. The lowest BCUT2D eigenvalue weighted by Crippen LogP contribution is -2.60. The molecular formula is C79H151NO10. The first-order valence-corrected chi connectivity index (χ1v) is 39.6. The Morgan fingerprint density at radius 3 is 1.07 bits per heavy atom. The minimum atomic E-state index is -1.57. The van der Waals surface area contributed by atoms with Gasteiger partial charge in [0, 0.05) is 12.8 Å². The summed E-state index contributed by atoms with van der Waals surface area (Å²) >= 11 is 0. The first-order chi connectivity index (χ1) is 44.2. The van der Waals surface area contributed by atoms with Gasteiger partial charge in [0.2, 0.25) is 5.91 Å². The van der Waals surface area contributed by atoms with Crippen molar-refractivity contribution in [2.75, 3.05) is 19.8 Å². The zero-order valence-electron chi connectivity index (χ0n) is 59.4. The quantitative estimate of drug-likeness (QED) is 0.0195. The molecule has 11 heteroatoms. The molecule has 1 fully saturated rings. The van der Waals surface area contributed by atoms with Gasteiger partial charge in [-0.05, 0) is 57.8 Å². The van der Waals surface area contributed by atoms with E-state index in [1.54, 1.807) is 6.08 Å². The number of allylic oxidation sites excluding steroid dienone is 3. The van der Waals surface area contributed by atoms with E-state index in [2.05, 4.69) is 31.3 Å². The van der Waals surface area contributed by atoms with Crippen molar-refractivity contribution in [2.45, 2.75) is 448 Å². The summed E-state index contributed by atoms with van der Waals surface area (Å²) in [6.07, 6.45) is 77.9. The Hall–Kier alpha value is -1.86. The van der Waals surface area contributed by atoms with Gasteiger partial charge in [0.05, 0.1) is 32.0 Å². The van der Waals surface area contributed by atoms with Crippen LogP contribution in [0.15, 0.2) is 24.3 Å². The van der Waals surface area contributed by atoms with Crippen molar-refractivity contribution in [3.8, 4) is 0 Å². The van der Waals surface area contributed by atoms with Crippen molar-refractivity contribution in [1.82, 2.24) is 5.32 Å². The molecule has 1 heterocycles. The summed E-state index contributed by atoms with van der Waals surface area (Å²) in [5.74, 6) is -0.161. The number of rotatable bonds is 71. The number of esters is 1. The predicted octanol–water partition coefficient (Wildman–Crippen LogP) is 21.1. The fourth-order valence-corrected chi connectivity index (χ4v) is 12.8. The van der Waals surface area contributed by atoms with Gasteiger partial charge in [-0.3, -0.25) is 9.59 Å². The van der Waals surface area contributed by atoms with Gasteiger partial charge in [0.15, 0.2) is 6.29 Å². The molecule has 0 aliphatic carbocycles. The van der Waals surface area contributed by atoms with Crippen LogP contribution in [0.4, 0.5) is 0 Å². The molecule has 1 saturated heterocycles. The van der Waals surface area contributed by atoms with Crippen LogP contribution in [-0.4, -0.2) is 100 Å². The van der Waals surface area contributed by atoms with E-state index in [9.17, 15) is 35.1 Å². The standard InChI is InChI=1S/C79H151NO10/c1-3-5-7-9-11-13-15-16-17-18-34-38-41-44-47-51-55-59-63-67-75(84)88-68-64-60-56-52-48-45-42-39-36-33-31-29-27-25-23-21-19-20-22-24-26-28-30-32-35-37-40-43-46-50-54-58-62-66-74(83)80-71(70-89-79-78(87)77(86)76(85)73(69-81)90-79)72(82)65-61-57-53-49-14-12-10-8-6-4-2/h16-17,61,65,71-73,76-79,81-82,85-87H,3-15,18-60,62-64,66-70H2,1-2H3,(H,80,83)/b17-16-,65-61+. The average molecular weight is 1280 g/mol. The number of nitrogens with one attached hydrogen (secondary N) is 1. The lowest BCUT2D eigenvalue weighted by molar-refractivity contribution is -0.302. The van der Waals surface area contributed by atoms with Gasteiger partial charge in [0.25, 0.3) is 0 Å². The van der Waals surface area contributed by atoms with Gasteiger partial charge in [-0.15, -0.1) is 0 Å². The summed E-state index contributed by atoms with van der Waals surface area (Å²) in [6, 6.07) is -0.805. The van der Waals surface area contributed by atoms with E-state index < -0.39 is 49.5 Å². The fraction of sp³-hybridized carbons (Fsp3) is 0.924. The summed E-state index contributed by atoms with van der Waals surface area (Å²) in [4.78, 5) is 25.2. The Labute approximate surface area is 556 Å². The number of ether oxygens (including phenoxy) is 3. The smallest absolute Gasteiger partial charge is 0.305 e. The Kier molecular flexibility index (Phi) is 65.6. The molecular weight excluding hydrogens is 1120 g/mol. The zero-order chi connectivity index (χ0) is 65.1. The number of amides is 1. The average Bonchev–Trinajstić information content (AvgIpc) is 1.93. The Bertz CT molecular complexity index is 1540. The maximum atomic E-state index is 13.0. The highest BCUT2D eigenvalue weighted by atomic mass is 16.7. The number of hydrogen-bond donors (Lipinski definition) is 6. The van der Waals surface area contributed by atoms with Gasteiger partial charge in [-0.25, -0.2) is 0 Å². The maximum absolute atomic E-state index is 13.0. The molecule has 11 nitrogen and oxygen atoms in total. The van der Waals surface area contributed by atoms with Crippen LogP contribution < -0.4 is 5.32 Å². The van der Waals surface area contributed by atoms with Crippen molar-refractivity contribution in [3.05, 3.63) is 24.3 Å². The summed E-state index contributed by atoms with van der Waals surface area (Å²) in [7, 11) is 0. The number of aliphatic hydroxyl groups is 5. The summed E-state index contributed by atoms with van der Waals surface area (Å²) in [5, 5.41) is 54.4. The third-order valence-corrected chi connectivity index (χ3v) is 19.1. The van der Waals surface area contributed by atoms with Crippen LogP contribution >= 0.6 is 0 Å². The van der Waals surface area contributed by atoms with Gasteiger partial charge in [-0.1, -0.05) is 359 Å². The summed E-state index contributed by atoms with van der Waals surface area (Å²) < 4.78 is 16.8. The molecule has 0 bridgehead atoms. The van der Waals surface area contributed by atoms with Crippen LogP contribution in [0.25, 0.3) is 0 Å². The molecule has 0 aromatic rings. The van der Waals surface area contributed by atoms with Crippen LogP contribution in [0.5, 0.6) is 0 Å². The molecule has 90 heavy (non-hydrogen) atoms. The summed E-state index contributed by atoms with van der Waals surface area (Å²) in [5.41, 5.74) is 0. The SMILES string of the molecule is CCCCCCCC/C=C\CCCCCCCCCCCC(=O)OCCCCCCCCCCCCCCCCCCCCCCCCCCCCCCCCCCCC(=O)NC(COC1OC(CO)C(O)C(O)C1O)C(O)/C=C/CCCCCCCCCC. The molecule has 0 aromatic carbocycles. The lowest BCUT2D eigenvalue weighted by atomic mass is 9.99. The molecule has 0 saturated carbocycles. The predicted molar refractivity (Wildman–Crippen MR) is 380 cm³/mol. The molecule has 6 N–H and O–H groups in total. The zero-order valence-corrected chi connectivity index (χ0v) is 59.4. The molecule has 7 unspecified atom stereocenters. The fourth-order valence-electron chi connectivity index (χ4n) is 12.8. The van der Waals surface area contributed by atoms with E-state index in [-0.39, 0.29) is 18.5 Å². The highest BCUT2D eigenvalue weighted by Crippen LogP contribution is 2.24. The van der Waals surface area contributed by atoms with Crippen molar-refractivity contribution >= 4 is 11.9 Å². The number of carbonyl (C=O) groups excluding carboxylic acids is 2. The van der Waals surface area contributed by atoms with Gasteiger partial charge in [0.1, 0.15) is 24.4 Å². The third-order valence-electron chi connectivity index (χ3n) is 19.1. The van der Waals surface area contributed by atoms with E-state index in [0.29, 0.717) is 19.4 Å². The van der Waals surface area contributed by atoms with Gasteiger partial charge < -0.3 is 45.1 Å². The van der Waals surface area contributed by atoms with Crippen LogP contribution in [0.1, 0.15) is 406 Å². The first-order valence-electron chi connectivity index (χ1n) is 39.6. The molecule has 7 atom stereocenters. The van der Waals surface area contributed by atoms with Crippen molar-refractivity contribution in [1.29, 1.82) is 0 Å². The topological polar surface area (TPSA) is 175 Å². The number of unbranched alkanes of at least 4 members (excludes halogenated alkanes) is 55. The maximum Gasteiger partial charge on any atom is 0.305 e. The second-order valence-electron chi connectivity index (χ2n) is 27.8. The minimum Gasteiger partial charge on any atom is -0.466 e. The highest BCUT2D eigenvalue weighted by Gasteiger charge is 2.44. The second-order valence-corrected chi connectivity index (χ2v) is 27.8. The third kappa shape index (κ3) is 56.5. The van der Waals surface area contributed by atoms with E-state index in [1.165, 1.54) is 321 Å². The lowest BCUT2D eigenvalue weighted by Gasteiger charge is -2.40. The van der Waals surface area contributed by atoms with E-state index in [0.717, 1.165) is 57.8 Å². The first kappa shape index (κ1) is 86.2. The van der Waals surface area contributed by atoms with E-state index in [1.807, 2.05) is 6.08 Å². The van der Waals surface area contributed by atoms with Gasteiger partial charge >= 0.3 is 5.97 Å². The van der Waals surface area contributed by atoms with Crippen LogP contribution in [0.2, 0.25) is 0 Å². The Balaban J connectivity index is 1.85. The van der Waals surface area contributed by atoms with E-state index in [4.69, 9.17) is 14.2 Å². The Morgan fingerprint density at radius 1 is 0.400 bits per heavy atom. The van der Waals surface area contributed by atoms with E-state index >= 15 is 0 Å². The largest absolute Gasteiger partial charge is 0.466 e. The number of carbonyl (C=O) groups is 2. The summed E-state index contributed by atoms with van der Waals surface area (Å²) in [6.45, 7) is 4.37.